The van der Waals surface area contributed by atoms with Gasteiger partial charge in [0.1, 0.15) is 11.5 Å². The number of nitrogens with zero attached hydrogens (tertiary/aromatic N) is 2. The zero-order valence-electron chi connectivity index (χ0n) is 18.4. The van der Waals surface area contributed by atoms with Gasteiger partial charge in [0, 0.05) is 17.8 Å². The second-order valence-corrected chi connectivity index (χ2v) is 7.91. The fourth-order valence-electron chi connectivity index (χ4n) is 4.17. The van der Waals surface area contributed by atoms with E-state index in [1.54, 1.807) is 18.2 Å². The highest BCUT2D eigenvalue weighted by molar-refractivity contribution is 6.36. The standard InChI is InChI=1S/C27H25FN2O2/c1-4-29(21-11-6-5-7-12-21)25-24(22-15-14-18(2)16-19(22)3)26(31)30(27(25)32)17-20-10-8-9-13-23(20)28/h5-16H,4,17H2,1-3H3. The zero-order chi connectivity index (χ0) is 22.8. The summed E-state index contributed by atoms with van der Waals surface area (Å²) >= 11 is 0. The SMILES string of the molecule is CCN(C1=C(c2ccc(C)cc2C)C(=O)N(Cc2ccccc2F)C1=O)c1ccccc1. The van der Waals surface area contributed by atoms with Gasteiger partial charge in [0.25, 0.3) is 11.8 Å². The van der Waals surface area contributed by atoms with E-state index in [9.17, 15) is 14.0 Å². The Morgan fingerprint density at radius 2 is 1.56 bits per heavy atom. The Morgan fingerprint density at radius 1 is 0.875 bits per heavy atom. The third-order valence-corrected chi connectivity index (χ3v) is 5.74. The predicted octanol–water partition coefficient (Wildman–Crippen LogP) is 5.25. The van der Waals surface area contributed by atoms with Gasteiger partial charge in [0.15, 0.2) is 0 Å². The Labute approximate surface area is 187 Å². The van der Waals surface area contributed by atoms with Crippen molar-refractivity contribution in [2.24, 2.45) is 0 Å². The summed E-state index contributed by atoms with van der Waals surface area (Å²) < 4.78 is 14.3. The number of aryl methyl sites for hydroxylation is 2. The van der Waals surface area contributed by atoms with Crippen molar-refractivity contribution in [1.82, 2.24) is 4.90 Å². The van der Waals surface area contributed by atoms with E-state index in [0.29, 0.717) is 23.4 Å². The number of hydrogen-bond acceptors (Lipinski definition) is 3. The van der Waals surface area contributed by atoms with Crippen molar-refractivity contribution < 1.29 is 14.0 Å². The number of benzene rings is 3. The molecule has 1 aliphatic rings. The molecule has 0 unspecified atom stereocenters. The average Bonchev–Trinajstić information content (AvgIpc) is 3.01. The molecule has 0 saturated carbocycles. The Morgan fingerprint density at radius 3 is 2.22 bits per heavy atom. The maximum Gasteiger partial charge on any atom is 0.278 e. The number of halogens is 1. The van der Waals surface area contributed by atoms with Crippen molar-refractivity contribution in [2.75, 3.05) is 11.4 Å². The Hall–Kier alpha value is -3.73. The van der Waals surface area contributed by atoms with Crippen molar-refractivity contribution in [3.8, 4) is 0 Å². The Bertz CT molecular complexity index is 1220. The van der Waals surface area contributed by atoms with Crippen LogP contribution >= 0.6 is 0 Å². The van der Waals surface area contributed by atoms with Crippen LogP contribution in [-0.2, 0) is 16.1 Å². The van der Waals surface area contributed by atoms with Gasteiger partial charge in [0.2, 0.25) is 0 Å². The number of amides is 2. The van der Waals surface area contributed by atoms with Gasteiger partial charge < -0.3 is 4.90 Å². The van der Waals surface area contributed by atoms with Crippen LogP contribution in [0.1, 0.15) is 29.2 Å². The minimum Gasteiger partial charge on any atom is -0.337 e. The van der Waals surface area contributed by atoms with Crippen molar-refractivity contribution in [3.63, 3.8) is 0 Å². The molecule has 0 atom stereocenters. The number of hydrogen-bond donors (Lipinski definition) is 0. The second-order valence-electron chi connectivity index (χ2n) is 7.91. The van der Waals surface area contributed by atoms with Crippen molar-refractivity contribution in [1.29, 1.82) is 0 Å². The van der Waals surface area contributed by atoms with Gasteiger partial charge in [-0.1, -0.05) is 60.2 Å². The molecule has 0 aliphatic carbocycles. The molecule has 3 aromatic carbocycles. The van der Waals surface area contributed by atoms with Crippen LogP contribution in [0.25, 0.3) is 5.57 Å². The highest BCUT2D eigenvalue weighted by atomic mass is 19.1. The van der Waals surface area contributed by atoms with Gasteiger partial charge in [-0.3, -0.25) is 14.5 Å². The maximum absolute atomic E-state index is 14.3. The van der Waals surface area contributed by atoms with E-state index in [-0.39, 0.29) is 6.54 Å². The fourth-order valence-corrected chi connectivity index (χ4v) is 4.17. The molecule has 5 heteroatoms. The van der Waals surface area contributed by atoms with Crippen LogP contribution in [0.3, 0.4) is 0 Å². The summed E-state index contributed by atoms with van der Waals surface area (Å²) in [6, 6.07) is 21.6. The first-order chi connectivity index (χ1) is 15.4. The molecule has 0 spiro atoms. The van der Waals surface area contributed by atoms with Crippen LogP contribution in [0.5, 0.6) is 0 Å². The van der Waals surface area contributed by atoms with Gasteiger partial charge in [-0.25, -0.2) is 4.39 Å². The third-order valence-electron chi connectivity index (χ3n) is 5.74. The van der Waals surface area contributed by atoms with Gasteiger partial charge >= 0.3 is 0 Å². The van der Waals surface area contributed by atoms with Crippen molar-refractivity contribution >= 4 is 23.1 Å². The van der Waals surface area contributed by atoms with Crippen molar-refractivity contribution in [3.05, 3.63) is 107 Å². The number of anilines is 1. The first-order valence-electron chi connectivity index (χ1n) is 10.7. The molecule has 0 fully saturated rings. The summed E-state index contributed by atoms with van der Waals surface area (Å²) in [6.45, 7) is 6.25. The number of carbonyl (C=O) groups is 2. The second kappa shape index (κ2) is 8.79. The monoisotopic (exact) mass is 428 g/mol. The van der Waals surface area contributed by atoms with E-state index in [4.69, 9.17) is 0 Å². The average molecular weight is 429 g/mol. The predicted molar refractivity (Wildman–Crippen MR) is 124 cm³/mol. The molecular weight excluding hydrogens is 403 g/mol. The molecule has 32 heavy (non-hydrogen) atoms. The van der Waals surface area contributed by atoms with E-state index in [2.05, 4.69) is 0 Å². The molecule has 1 heterocycles. The third kappa shape index (κ3) is 3.82. The van der Waals surface area contributed by atoms with Crippen LogP contribution in [0.15, 0.2) is 78.5 Å². The number of likely N-dealkylation sites (N-methyl/N-ethyl adjacent to an activating group) is 1. The number of imide groups is 1. The molecule has 0 radical (unpaired) electrons. The van der Waals surface area contributed by atoms with E-state index < -0.39 is 17.6 Å². The molecule has 162 valence electrons. The molecule has 3 aromatic rings. The zero-order valence-corrected chi connectivity index (χ0v) is 18.4. The van der Waals surface area contributed by atoms with E-state index in [1.165, 1.54) is 6.07 Å². The minimum atomic E-state index is -0.440. The largest absolute Gasteiger partial charge is 0.337 e. The molecule has 0 saturated heterocycles. The fraction of sp³-hybridized carbons (Fsp3) is 0.185. The van der Waals surface area contributed by atoms with E-state index in [0.717, 1.165) is 27.3 Å². The molecule has 0 N–H and O–H groups in total. The molecule has 0 aromatic heterocycles. The van der Waals surface area contributed by atoms with Gasteiger partial charge in [0.05, 0.1) is 12.1 Å². The summed E-state index contributed by atoms with van der Waals surface area (Å²) in [7, 11) is 0. The Kier molecular flexibility index (Phi) is 5.91. The minimum absolute atomic E-state index is 0.116. The molecule has 4 nitrogen and oxygen atoms in total. The van der Waals surface area contributed by atoms with E-state index >= 15 is 0 Å². The summed E-state index contributed by atoms with van der Waals surface area (Å²) in [6.07, 6.45) is 0. The van der Waals surface area contributed by atoms with Gasteiger partial charge in [-0.2, -0.15) is 0 Å². The van der Waals surface area contributed by atoms with Crippen LogP contribution in [0.4, 0.5) is 10.1 Å². The van der Waals surface area contributed by atoms with Crippen molar-refractivity contribution in [2.45, 2.75) is 27.3 Å². The van der Waals surface area contributed by atoms with Gasteiger partial charge in [-0.15, -0.1) is 0 Å². The molecule has 0 bridgehead atoms. The first kappa shape index (κ1) is 21.5. The number of rotatable bonds is 6. The molecule has 2 amide bonds. The summed E-state index contributed by atoms with van der Waals surface area (Å²) in [5.41, 5.74) is 4.51. The van der Waals surface area contributed by atoms with Crippen LogP contribution in [-0.4, -0.2) is 23.3 Å². The lowest BCUT2D eigenvalue weighted by atomic mass is 9.97. The van der Waals surface area contributed by atoms with E-state index in [1.807, 2.05) is 74.2 Å². The molecular formula is C27H25FN2O2. The van der Waals surface area contributed by atoms with Gasteiger partial charge in [-0.05, 0) is 50.1 Å². The van der Waals surface area contributed by atoms with Crippen LogP contribution < -0.4 is 4.90 Å². The smallest absolute Gasteiger partial charge is 0.278 e. The first-order valence-corrected chi connectivity index (χ1v) is 10.7. The summed E-state index contributed by atoms with van der Waals surface area (Å²) in [5.74, 6) is -1.27. The summed E-state index contributed by atoms with van der Waals surface area (Å²) in [5, 5.41) is 0. The normalized spacial score (nSPS) is 13.8. The topological polar surface area (TPSA) is 40.6 Å². The quantitative estimate of drug-likeness (QED) is 0.504. The number of carbonyl (C=O) groups excluding carboxylic acids is 2. The molecule has 4 rings (SSSR count). The number of para-hydroxylation sites is 1. The lowest BCUT2D eigenvalue weighted by Crippen LogP contribution is -2.35. The Balaban J connectivity index is 1.87. The highest BCUT2D eigenvalue weighted by Gasteiger charge is 2.42. The highest BCUT2D eigenvalue weighted by Crippen LogP contribution is 2.36. The lowest BCUT2D eigenvalue weighted by molar-refractivity contribution is -0.137. The maximum atomic E-state index is 14.3. The van der Waals surface area contributed by atoms with Crippen LogP contribution in [0.2, 0.25) is 0 Å². The van der Waals surface area contributed by atoms with Crippen LogP contribution in [0, 0.1) is 19.7 Å². The molecule has 1 aliphatic heterocycles. The summed E-state index contributed by atoms with van der Waals surface area (Å²) in [4.78, 5) is 30.3. The lowest BCUT2D eigenvalue weighted by Gasteiger charge is -2.25.